The van der Waals surface area contributed by atoms with Crippen molar-refractivity contribution in [2.24, 2.45) is 0 Å². The number of nitrogens with one attached hydrogen (secondary N) is 1. The number of aromatic nitrogens is 2. The Morgan fingerprint density at radius 3 is 2.50 bits per heavy atom. The first kappa shape index (κ1) is 14.9. The monoisotopic (exact) mass is 253 g/mol. The molecule has 0 aromatic carbocycles. The minimum absolute atomic E-state index is 0.0638. The topological polar surface area (TPSA) is 56.3 Å². The Balaban J connectivity index is 3.11. The van der Waals surface area contributed by atoms with Crippen molar-refractivity contribution in [1.29, 1.82) is 0 Å². The third-order valence-corrected chi connectivity index (χ3v) is 2.78. The fourth-order valence-electron chi connectivity index (χ4n) is 2.02. The van der Waals surface area contributed by atoms with E-state index in [4.69, 9.17) is 9.47 Å². The molecule has 0 radical (unpaired) electrons. The molecule has 0 saturated carbocycles. The second-order valence-corrected chi connectivity index (χ2v) is 4.48. The quantitative estimate of drug-likeness (QED) is 0.805. The van der Waals surface area contributed by atoms with Crippen LogP contribution in [0.5, 0.6) is 5.88 Å². The van der Waals surface area contributed by atoms with E-state index >= 15 is 0 Å². The highest BCUT2D eigenvalue weighted by Crippen LogP contribution is 2.31. The number of rotatable bonds is 7. The fourth-order valence-corrected chi connectivity index (χ4v) is 2.02. The molecule has 1 atom stereocenters. The smallest absolute Gasteiger partial charge is 0.237 e. The summed E-state index contributed by atoms with van der Waals surface area (Å²) in [6, 6.07) is -0.0638. The predicted molar refractivity (Wildman–Crippen MR) is 70.7 cm³/mol. The summed E-state index contributed by atoms with van der Waals surface area (Å²) < 4.78 is 11.1. The third kappa shape index (κ3) is 3.40. The van der Waals surface area contributed by atoms with Gasteiger partial charge in [0.15, 0.2) is 0 Å². The normalized spacial score (nSPS) is 13.4. The van der Waals surface area contributed by atoms with Gasteiger partial charge in [0.25, 0.3) is 0 Å². The van der Waals surface area contributed by atoms with Gasteiger partial charge in [-0.15, -0.1) is 0 Å². The molecule has 18 heavy (non-hydrogen) atoms. The van der Waals surface area contributed by atoms with Gasteiger partial charge >= 0.3 is 0 Å². The SMILES string of the molecule is CCNC(c1nccnc1OC)C(C)(C)OCC. The van der Waals surface area contributed by atoms with Crippen LogP contribution in [0.25, 0.3) is 0 Å². The summed E-state index contributed by atoms with van der Waals surface area (Å²) in [6.45, 7) is 9.59. The number of nitrogens with zero attached hydrogens (tertiary/aromatic N) is 2. The molecule has 0 aliphatic rings. The summed E-state index contributed by atoms with van der Waals surface area (Å²) in [7, 11) is 1.60. The van der Waals surface area contributed by atoms with Crippen molar-refractivity contribution < 1.29 is 9.47 Å². The molecule has 0 fully saturated rings. The van der Waals surface area contributed by atoms with E-state index < -0.39 is 0 Å². The van der Waals surface area contributed by atoms with Gasteiger partial charge in [-0.05, 0) is 27.3 Å². The Kier molecular flexibility index (Phi) is 5.50. The molecular formula is C13H23N3O2. The van der Waals surface area contributed by atoms with E-state index in [0.717, 1.165) is 12.2 Å². The van der Waals surface area contributed by atoms with Crippen molar-refractivity contribution in [2.75, 3.05) is 20.3 Å². The second-order valence-electron chi connectivity index (χ2n) is 4.48. The maximum Gasteiger partial charge on any atom is 0.237 e. The summed E-state index contributed by atoms with van der Waals surface area (Å²) >= 11 is 0. The Morgan fingerprint density at radius 1 is 1.28 bits per heavy atom. The highest BCUT2D eigenvalue weighted by atomic mass is 16.5. The van der Waals surface area contributed by atoms with Crippen LogP contribution in [0.3, 0.4) is 0 Å². The van der Waals surface area contributed by atoms with Crippen LogP contribution in [0.15, 0.2) is 12.4 Å². The minimum Gasteiger partial charge on any atom is -0.480 e. The van der Waals surface area contributed by atoms with Crippen molar-refractivity contribution in [3.63, 3.8) is 0 Å². The van der Waals surface area contributed by atoms with Crippen molar-refractivity contribution in [1.82, 2.24) is 15.3 Å². The van der Waals surface area contributed by atoms with E-state index in [0.29, 0.717) is 12.5 Å². The average molecular weight is 253 g/mol. The van der Waals surface area contributed by atoms with Gasteiger partial charge in [0.1, 0.15) is 5.69 Å². The molecule has 5 nitrogen and oxygen atoms in total. The summed E-state index contributed by atoms with van der Waals surface area (Å²) in [5.74, 6) is 0.538. The number of hydrogen-bond donors (Lipinski definition) is 1. The lowest BCUT2D eigenvalue weighted by atomic mass is 9.95. The van der Waals surface area contributed by atoms with Crippen molar-refractivity contribution in [3.8, 4) is 5.88 Å². The molecule has 1 aromatic rings. The Bertz CT molecular complexity index is 369. The first-order chi connectivity index (χ1) is 8.56. The highest BCUT2D eigenvalue weighted by Gasteiger charge is 2.34. The number of hydrogen-bond acceptors (Lipinski definition) is 5. The average Bonchev–Trinajstić information content (AvgIpc) is 2.35. The van der Waals surface area contributed by atoms with Crippen LogP contribution in [0.2, 0.25) is 0 Å². The predicted octanol–water partition coefficient (Wildman–Crippen LogP) is 1.95. The summed E-state index contributed by atoms with van der Waals surface area (Å²) in [4.78, 5) is 8.58. The van der Waals surface area contributed by atoms with Gasteiger partial charge in [0, 0.05) is 19.0 Å². The van der Waals surface area contributed by atoms with Crippen LogP contribution in [0, 0.1) is 0 Å². The van der Waals surface area contributed by atoms with Crippen molar-refractivity contribution in [3.05, 3.63) is 18.1 Å². The van der Waals surface area contributed by atoms with Crippen LogP contribution >= 0.6 is 0 Å². The lowest BCUT2D eigenvalue weighted by Crippen LogP contribution is -2.42. The van der Waals surface area contributed by atoms with Crippen LogP contribution in [0.4, 0.5) is 0 Å². The third-order valence-electron chi connectivity index (χ3n) is 2.78. The first-order valence-electron chi connectivity index (χ1n) is 6.29. The second kappa shape index (κ2) is 6.66. The standard InChI is InChI=1S/C13H23N3O2/c1-6-14-11(13(3,4)18-7-2)10-12(17-5)16-9-8-15-10/h8-9,11,14H,6-7H2,1-5H3. The maximum absolute atomic E-state index is 5.81. The highest BCUT2D eigenvalue weighted by molar-refractivity contribution is 5.23. The Hall–Kier alpha value is -1.20. The fraction of sp³-hybridized carbons (Fsp3) is 0.692. The largest absolute Gasteiger partial charge is 0.480 e. The molecule has 0 spiro atoms. The zero-order valence-corrected chi connectivity index (χ0v) is 11.9. The van der Waals surface area contributed by atoms with Gasteiger partial charge in [-0.3, -0.25) is 4.98 Å². The molecule has 0 aliphatic heterocycles. The molecule has 0 saturated heterocycles. The maximum atomic E-state index is 5.81. The molecule has 1 aromatic heterocycles. The summed E-state index contributed by atoms with van der Waals surface area (Å²) in [5.41, 5.74) is 0.397. The zero-order valence-electron chi connectivity index (χ0n) is 11.9. The van der Waals surface area contributed by atoms with Gasteiger partial charge < -0.3 is 14.8 Å². The molecule has 0 bridgehead atoms. The molecule has 5 heteroatoms. The first-order valence-corrected chi connectivity index (χ1v) is 6.29. The van der Waals surface area contributed by atoms with Crippen molar-refractivity contribution >= 4 is 0 Å². The number of likely N-dealkylation sites (N-methyl/N-ethyl adjacent to an activating group) is 1. The van der Waals surface area contributed by atoms with Crippen molar-refractivity contribution in [2.45, 2.75) is 39.3 Å². The van der Waals surface area contributed by atoms with E-state index in [9.17, 15) is 0 Å². The van der Waals surface area contributed by atoms with Crippen LogP contribution < -0.4 is 10.1 Å². The van der Waals surface area contributed by atoms with Crippen LogP contribution in [-0.4, -0.2) is 35.8 Å². The molecule has 1 N–H and O–H groups in total. The zero-order chi connectivity index (χ0) is 13.6. The molecule has 1 rings (SSSR count). The molecule has 102 valence electrons. The van der Waals surface area contributed by atoms with E-state index in [-0.39, 0.29) is 11.6 Å². The molecule has 0 aliphatic carbocycles. The van der Waals surface area contributed by atoms with Crippen LogP contribution in [0.1, 0.15) is 39.4 Å². The molecular weight excluding hydrogens is 230 g/mol. The summed E-state index contributed by atoms with van der Waals surface area (Å²) in [6.07, 6.45) is 3.29. The van der Waals surface area contributed by atoms with E-state index in [1.165, 1.54) is 0 Å². The minimum atomic E-state index is -0.381. The Labute approximate surface area is 109 Å². The number of ether oxygens (including phenoxy) is 2. The Morgan fingerprint density at radius 2 is 1.94 bits per heavy atom. The van der Waals surface area contributed by atoms with Gasteiger partial charge in [0.05, 0.1) is 18.8 Å². The van der Waals surface area contributed by atoms with Gasteiger partial charge in [-0.1, -0.05) is 6.92 Å². The van der Waals surface area contributed by atoms with Gasteiger partial charge in [-0.2, -0.15) is 0 Å². The molecule has 0 amide bonds. The van der Waals surface area contributed by atoms with Crippen LogP contribution in [-0.2, 0) is 4.74 Å². The number of methoxy groups -OCH3 is 1. The lowest BCUT2D eigenvalue weighted by Gasteiger charge is -2.34. The van der Waals surface area contributed by atoms with Gasteiger partial charge in [0.2, 0.25) is 5.88 Å². The molecule has 1 unspecified atom stereocenters. The summed E-state index contributed by atoms with van der Waals surface area (Å²) in [5, 5.41) is 3.39. The molecule has 1 heterocycles. The van der Waals surface area contributed by atoms with E-state index in [1.54, 1.807) is 19.5 Å². The lowest BCUT2D eigenvalue weighted by molar-refractivity contribution is -0.0405. The van der Waals surface area contributed by atoms with E-state index in [1.807, 2.05) is 20.8 Å². The van der Waals surface area contributed by atoms with E-state index in [2.05, 4.69) is 22.2 Å². The van der Waals surface area contributed by atoms with Gasteiger partial charge in [-0.25, -0.2) is 4.98 Å².